The first-order chi connectivity index (χ1) is 11.3. The second kappa shape index (κ2) is 8.76. The van der Waals surface area contributed by atoms with Crippen LogP contribution in [0.4, 0.5) is 5.95 Å². The van der Waals surface area contributed by atoms with Crippen molar-refractivity contribution in [2.75, 3.05) is 38.1 Å². The minimum Gasteiger partial charge on any atom is -0.349 e. The topological polar surface area (TPSA) is 87.4 Å². The van der Waals surface area contributed by atoms with E-state index in [0.29, 0.717) is 6.54 Å². The third-order valence-electron chi connectivity index (χ3n) is 3.84. The Morgan fingerprint density at radius 1 is 1.17 bits per heavy atom. The maximum atomic E-state index is 4.36. The molecule has 3 heterocycles. The second-order valence-electron chi connectivity index (χ2n) is 5.22. The summed E-state index contributed by atoms with van der Waals surface area (Å²) in [5.41, 5.74) is 0. The average Bonchev–Trinajstić information content (AvgIpc) is 3.02. The van der Waals surface area contributed by atoms with Gasteiger partial charge in [0, 0.05) is 52.7 Å². The van der Waals surface area contributed by atoms with E-state index in [2.05, 4.69) is 40.2 Å². The standard InChI is InChI=1S/C14H21N9.HI/c1-15-13(18-10-12-19-11-20-21(12)2)22-6-8-23(9-7-22)14-16-4-3-5-17-14;/h3-5,11H,6-10H2,1-2H3,(H,15,18);1H. The Labute approximate surface area is 158 Å². The molecule has 3 rings (SSSR count). The zero-order valence-electron chi connectivity index (χ0n) is 13.8. The van der Waals surface area contributed by atoms with E-state index in [0.717, 1.165) is 43.9 Å². The predicted molar refractivity (Wildman–Crippen MR) is 102 cm³/mol. The molecule has 1 N–H and O–H groups in total. The molecule has 0 radical (unpaired) electrons. The maximum absolute atomic E-state index is 4.36. The molecule has 0 amide bonds. The maximum Gasteiger partial charge on any atom is 0.225 e. The molecule has 0 aliphatic carbocycles. The molecule has 1 aliphatic rings. The summed E-state index contributed by atoms with van der Waals surface area (Å²) in [7, 11) is 3.68. The van der Waals surface area contributed by atoms with Crippen LogP contribution in [-0.4, -0.2) is 68.8 Å². The van der Waals surface area contributed by atoms with E-state index in [9.17, 15) is 0 Å². The van der Waals surface area contributed by atoms with E-state index in [1.807, 2.05) is 13.1 Å². The normalized spacial score (nSPS) is 15.2. The Bertz CT molecular complexity index is 649. The molecule has 0 aromatic carbocycles. The molecule has 2 aromatic rings. The zero-order chi connectivity index (χ0) is 16.1. The highest BCUT2D eigenvalue weighted by Gasteiger charge is 2.21. The fourth-order valence-electron chi connectivity index (χ4n) is 2.54. The Kier molecular flexibility index (Phi) is 6.70. The minimum atomic E-state index is 0. The van der Waals surface area contributed by atoms with Crippen molar-refractivity contribution in [3.8, 4) is 0 Å². The van der Waals surface area contributed by atoms with Gasteiger partial charge >= 0.3 is 0 Å². The van der Waals surface area contributed by atoms with Crippen LogP contribution in [0.25, 0.3) is 0 Å². The van der Waals surface area contributed by atoms with E-state index in [-0.39, 0.29) is 24.0 Å². The molecular formula is C14H22IN9. The highest BCUT2D eigenvalue weighted by atomic mass is 127. The van der Waals surface area contributed by atoms with Gasteiger partial charge in [-0.2, -0.15) is 5.10 Å². The van der Waals surface area contributed by atoms with Crippen LogP contribution in [-0.2, 0) is 13.6 Å². The number of aryl methyl sites for hydroxylation is 1. The van der Waals surface area contributed by atoms with E-state index < -0.39 is 0 Å². The summed E-state index contributed by atoms with van der Waals surface area (Å²) in [5.74, 6) is 2.54. The van der Waals surface area contributed by atoms with Crippen LogP contribution in [0.1, 0.15) is 5.82 Å². The van der Waals surface area contributed by atoms with Gasteiger partial charge in [0.1, 0.15) is 12.2 Å². The number of halogens is 1. The summed E-state index contributed by atoms with van der Waals surface area (Å²) in [5, 5.41) is 7.41. The SMILES string of the molecule is CN=C(NCc1ncnn1C)N1CCN(c2ncccn2)CC1.I. The van der Waals surface area contributed by atoms with Gasteiger partial charge in [-0.05, 0) is 6.07 Å². The van der Waals surface area contributed by atoms with Gasteiger partial charge in [0.05, 0.1) is 6.54 Å². The van der Waals surface area contributed by atoms with Crippen LogP contribution in [0.2, 0.25) is 0 Å². The van der Waals surface area contributed by atoms with E-state index in [1.54, 1.807) is 30.5 Å². The first-order valence-corrected chi connectivity index (χ1v) is 7.58. The number of aromatic nitrogens is 5. The van der Waals surface area contributed by atoms with Gasteiger partial charge in [-0.1, -0.05) is 0 Å². The molecule has 1 fully saturated rings. The number of piperazine rings is 1. The lowest BCUT2D eigenvalue weighted by Crippen LogP contribution is -2.52. The smallest absolute Gasteiger partial charge is 0.225 e. The quantitative estimate of drug-likeness (QED) is 0.410. The average molecular weight is 443 g/mol. The van der Waals surface area contributed by atoms with Crippen molar-refractivity contribution in [3.05, 3.63) is 30.6 Å². The Morgan fingerprint density at radius 2 is 1.88 bits per heavy atom. The Balaban J connectivity index is 0.00000208. The number of anilines is 1. The van der Waals surface area contributed by atoms with E-state index >= 15 is 0 Å². The minimum absolute atomic E-state index is 0. The summed E-state index contributed by atoms with van der Waals surface area (Å²) >= 11 is 0. The van der Waals surface area contributed by atoms with Crippen molar-refractivity contribution < 1.29 is 0 Å². The van der Waals surface area contributed by atoms with Gasteiger partial charge in [0.2, 0.25) is 5.95 Å². The molecule has 1 aliphatic heterocycles. The number of hydrogen-bond acceptors (Lipinski definition) is 6. The van der Waals surface area contributed by atoms with Gasteiger partial charge in [0.15, 0.2) is 5.96 Å². The molecule has 0 atom stereocenters. The van der Waals surface area contributed by atoms with Crippen LogP contribution in [0.5, 0.6) is 0 Å². The molecule has 0 bridgehead atoms. The summed E-state index contributed by atoms with van der Waals surface area (Å²) < 4.78 is 1.75. The lowest BCUT2D eigenvalue weighted by molar-refractivity contribution is 0.369. The predicted octanol–water partition coefficient (Wildman–Crippen LogP) is 0.121. The molecule has 0 unspecified atom stereocenters. The highest BCUT2D eigenvalue weighted by molar-refractivity contribution is 14.0. The number of nitrogens with one attached hydrogen (secondary N) is 1. The molecular weight excluding hydrogens is 421 g/mol. The van der Waals surface area contributed by atoms with Gasteiger partial charge in [-0.3, -0.25) is 9.67 Å². The molecule has 1 saturated heterocycles. The van der Waals surface area contributed by atoms with Crippen molar-refractivity contribution in [1.82, 2.24) is 34.9 Å². The summed E-state index contributed by atoms with van der Waals surface area (Å²) in [4.78, 5) is 21.6. The third-order valence-corrected chi connectivity index (χ3v) is 3.84. The fourth-order valence-corrected chi connectivity index (χ4v) is 2.54. The Hall–Kier alpha value is -1.98. The van der Waals surface area contributed by atoms with Crippen molar-refractivity contribution in [2.24, 2.45) is 12.0 Å². The van der Waals surface area contributed by atoms with E-state index in [4.69, 9.17) is 0 Å². The number of nitrogens with zero attached hydrogens (tertiary/aromatic N) is 8. The van der Waals surface area contributed by atoms with Crippen LogP contribution in [0, 0.1) is 0 Å². The largest absolute Gasteiger partial charge is 0.349 e. The lowest BCUT2D eigenvalue weighted by atomic mass is 10.3. The fraction of sp³-hybridized carbons (Fsp3) is 0.500. The number of rotatable bonds is 3. The Morgan fingerprint density at radius 3 is 2.46 bits per heavy atom. The second-order valence-corrected chi connectivity index (χ2v) is 5.22. The lowest BCUT2D eigenvalue weighted by Gasteiger charge is -2.36. The highest BCUT2D eigenvalue weighted by Crippen LogP contribution is 2.09. The van der Waals surface area contributed by atoms with Crippen molar-refractivity contribution >= 4 is 35.9 Å². The number of aliphatic imine (C=N–C) groups is 1. The van der Waals surface area contributed by atoms with Crippen LogP contribution in [0.15, 0.2) is 29.8 Å². The van der Waals surface area contributed by atoms with Gasteiger partial charge in [-0.15, -0.1) is 24.0 Å². The first kappa shape index (κ1) is 18.4. The van der Waals surface area contributed by atoms with Crippen molar-refractivity contribution in [2.45, 2.75) is 6.54 Å². The van der Waals surface area contributed by atoms with Gasteiger partial charge in [-0.25, -0.2) is 15.0 Å². The van der Waals surface area contributed by atoms with Gasteiger partial charge < -0.3 is 15.1 Å². The summed E-state index contributed by atoms with van der Waals surface area (Å²) in [6.45, 7) is 4.09. The molecule has 9 nitrogen and oxygen atoms in total. The number of hydrogen-bond donors (Lipinski definition) is 1. The molecule has 10 heteroatoms. The summed E-state index contributed by atoms with van der Waals surface area (Å²) in [6, 6.07) is 1.83. The molecule has 0 spiro atoms. The van der Waals surface area contributed by atoms with Crippen LogP contribution >= 0.6 is 24.0 Å². The monoisotopic (exact) mass is 443 g/mol. The molecule has 0 saturated carbocycles. The van der Waals surface area contributed by atoms with Crippen LogP contribution < -0.4 is 10.2 Å². The van der Waals surface area contributed by atoms with Crippen molar-refractivity contribution in [1.29, 1.82) is 0 Å². The zero-order valence-corrected chi connectivity index (χ0v) is 16.2. The van der Waals surface area contributed by atoms with Gasteiger partial charge in [0.25, 0.3) is 0 Å². The molecule has 130 valence electrons. The summed E-state index contributed by atoms with van der Waals surface area (Å²) in [6.07, 6.45) is 5.10. The molecule has 24 heavy (non-hydrogen) atoms. The van der Waals surface area contributed by atoms with E-state index in [1.165, 1.54) is 0 Å². The molecule has 2 aromatic heterocycles. The van der Waals surface area contributed by atoms with Crippen molar-refractivity contribution in [3.63, 3.8) is 0 Å². The number of guanidine groups is 1. The third kappa shape index (κ3) is 4.30. The first-order valence-electron chi connectivity index (χ1n) is 7.58. The van der Waals surface area contributed by atoms with Crippen LogP contribution in [0.3, 0.4) is 0 Å².